The van der Waals surface area contributed by atoms with E-state index in [9.17, 15) is 0 Å². The third-order valence-corrected chi connectivity index (χ3v) is 4.44. The van der Waals surface area contributed by atoms with Crippen LogP contribution in [0.25, 0.3) is 0 Å². The van der Waals surface area contributed by atoms with Crippen molar-refractivity contribution in [3.05, 3.63) is 64.1 Å². The van der Waals surface area contributed by atoms with E-state index in [2.05, 4.69) is 39.3 Å². The standard InChI is InChI=1S/C15H15BrN2OS/c16-13-6-7-14(12(8-13)9-15(17)18-19)20-10-11-4-2-1-3-5-11/h1-8,19H,9-10H2,(H2,17,18). The van der Waals surface area contributed by atoms with Crippen molar-refractivity contribution in [3.63, 3.8) is 0 Å². The van der Waals surface area contributed by atoms with Crippen LogP contribution >= 0.6 is 27.7 Å². The summed E-state index contributed by atoms with van der Waals surface area (Å²) in [6.07, 6.45) is 0.438. The van der Waals surface area contributed by atoms with Crippen LogP contribution in [0.3, 0.4) is 0 Å². The molecule has 2 rings (SSSR count). The fraction of sp³-hybridized carbons (Fsp3) is 0.133. The van der Waals surface area contributed by atoms with E-state index in [-0.39, 0.29) is 5.84 Å². The fourth-order valence-electron chi connectivity index (χ4n) is 1.79. The van der Waals surface area contributed by atoms with Crippen molar-refractivity contribution in [1.82, 2.24) is 0 Å². The number of hydrogen-bond donors (Lipinski definition) is 2. The number of oxime groups is 1. The molecule has 0 heterocycles. The predicted octanol–water partition coefficient (Wildman–Crippen LogP) is 4.03. The van der Waals surface area contributed by atoms with Gasteiger partial charge in [-0.05, 0) is 29.3 Å². The number of nitrogens with two attached hydrogens (primary N) is 1. The molecule has 0 aromatic heterocycles. The van der Waals surface area contributed by atoms with Crippen LogP contribution < -0.4 is 5.73 Å². The highest BCUT2D eigenvalue weighted by Crippen LogP contribution is 2.29. The van der Waals surface area contributed by atoms with E-state index in [1.807, 2.05) is 30.3 Å². The Balaban J connectivity index is 2.14. The summed E-state index contributed by atoms with van der Waals surface area (Å²) in [4.78, 5) is 1.14. The Morgan fingerprint density at radius 3 is 2.65 bits per heavy atom. The molecule has 0 bridgehead atoms. The average Bonchev–Trinajstić information content (AvgIpc) is 2.47. The highest BCUT2D eigenvalue weighted by atomic mass is 79.9. The maximum absolute atomic E-state index is 8.71. The third kappa shape index (κ3) is 4.28. The van der Waals surface area contributed by atoms with Gasteiger partial charge in [-0.1, -0.05) is 51.4 Å². The van der Waals surface area contributed by atoms with Crippen molar-refractivity contribution in [2.45, 2.75) is 17.1 Å². The van der Waals surface area contributed by atoms with Gasteiger partial charge in [0.1, 0.15) is 5.84 Å². The minimum Gasteiger partial charge on any atom is -0.409 e. The van der Waals surface area contributed by atoms with Gasteiger partial charge in [0.2, 0.25) is 0 Å². The monoisotopic (exact) mass is 350 g/mol. The minimum atomic E-state index is 0.213. The van der Waals surface area contributed by atoms with Crippen molar-refractivity contribution in [3.8, 4) is 0 Å². The lowest BCUT2D eigenvalue weighted by molar-refractivity contribution is 0.317. The molecule has 20 heavy (non-hydrogen) atoms. The molecule has 0 saturated heterocycles. The van der Waals surface area contributed by atoms with Crippen molar-refractivity contribution in [1.29, 1.82) is 0 Å². The van der Waals surface area contributed by atoms with Crippen LogP contribution in [-0.2, 0) is 12.2 Å². The molecule has 3 nitrogen and oxygen atoms in total. The van der Waals surface area contributed by atoms with E-state index in [0.29, 0.717) is 6.42 Å². The maximum atomic E-state index is 8.71. The Hall–Kier alpha value is -1.46. The first-order chi connectivity index (χ1) is 9.69. The Bertz CT molecular complexity index is 602. The molecular weight excluding hydrogens is 336 g/mol. The van der Waals surface area contributed by atoms with Gasteiger partial charge in [-0.15, -0.1) is 11.8 Å². The number of halogens is 1. The van der Waals surface area contributed by atoms with Crippen molar-refractivity contribution in [2.24, 2.45) is 10.9 Å². The zero-order valence-electron chi connectivity index (χ0n) is 10.8. The Morgan fingerprint density at radius 1 is 1.20 bits per heavy atom. The normalized spacial score (nSPS) is 11.6. The van der Waals surface area contributed by atoms with Gasteiger partial charge >= 0.3 is 0 Å². The molecule has 2 aromatic rings. The van der Waals surface area contributed by atoms with Gasteiger partial charge in [-0.25, -0.2) is 0 Å². The van der Waals surface area contributed by atoms with Crippen LogP contribution in [-0.4, -0.2) is 11.0 Å². The fourth-order valence-corrected chi connectivity index (χ4v) is 3.20. The molecule has 0 fully saturated rings. The number of nitrogens with zero attached hydrogens (tertiary/aromatic N) is 1. The van der Waals surface area contributed by atoms with E-state index in [1.165, 1.54) is 5.56 Å². The summed E-state index contributed by atoms with van der Waals surface area (Å²) < 4.78 is 0.988. The summed E-state index contributed by atoms with van der Waals surface area (Å²) in [5.41, 5.74) is 7.93. The van der Waals surface area contributed by atoms with Gasteiger partial charge in [-0.2, -0.15) is 0 Å². The molecule has 0 aliphatic heterocycles. The lowest BCUT2D eigenvalue weighted by Crippen LogP contribution is -2.15. The minimum absolute atomic E-state index is 0.213. The van der Waals surface area contributed by atoms with Gasteiger partial charge in [-0.3, -0.25) is 0 Å². The number of thioether (sulfide) groups is 1. The molecule has 2 aromatic carbocycles. The van der Waals surface area contributed by atoms with Crippen LogP contribution in [0.2, 0.25) is 0 Å². The summed E-state index contributed by atoms with van der Waals surface area (Å²) in [6.45, 7) is 0. The highest BCUT2D eigenvalue weighted by molar-refractivity contribution is 9.10. The van der Waals surface area contributed by atoms with Crippen LogP contribution in [0.1, 0.15) is 11.1 Å². The number of hydrogen-bond acceptors (Lipinski definition) is 3. The smallest absolute Gasteiger partial charge is 0.143 e. The lowest BCUT2D eigenvalue weighted by Gasteiger charge is -2.09. The van der Waals surface area contributed by atoms with Crippen molar-refractivity contribution < 1.29 is 5.21 Å². The van der Waals surface area contributed by atoms with Crippen molar-refractivity contribution >= 4 is 33.5 Å². The second-order valence-corrected chi connectivity index (χ2v) is 6.23. The first-order valence-electron chi connectivity index (χ1n) is 6.10. The molecule has 3 N–H and O–H groups in total. The summed E-state index contributed by atoms with van der Waals surface area (Å²) in [7, 11) is 0. The predicted molar refractivity (Wildman–Crippen MR) is 87.3 cm³/mol. The molecular formula is C15H15BrN2OS. The van der Waals surface area contributed by atoms with Gasteiger partial charge in [0.15, 0.2) is 0 Å². The molecule has 0 radical (unpaired) electrons. The zero-order valence-corrected chi connectivity index (χ0v) is 13.2. The molecule has 0 spiro atoms. The Morgan fingerprint density at radius 2 is 1.95 bits per heavy atom. The van der Waals surface area contributed by atoms with Crippen LogP contribution in [0.15, 0.2) is 63.1 Å². The molecule has 0 saturated carbocycles. The molecule has 5 heteroatoms. The Labute approximate surface area is 131 Å². The van der Waals surface area contributed by atoms with Gasteiger partial charge in [0.05, 0.1) is 0 Å². The quantitative estimate of drug-likeness (QED) is 0.281. The van der Waals surface area contributed by atoms with Gasteiger partial charge in [0.25, 0.3) is 0 Å². The summed E-state index contributed by atoms with van der Waals surface area (Å²) in [5, 5.41) is 11.8. The third-order valence-electron chi connectivity index (χ3n) is 2.76. The maximum Gasteiger partial charge on any atom is 0.143 e. The first-order valence-corrected chi connectivity index (χ1v) is 7.88. The van der Waals surface area contributed by atoms with E-state index >= 15 is 0 Å². The topological polar surface area (TPSA) is 58.6 Å². The largest absolute Gasteiger partial charge is 0.409 e. The molecule has 0 aliphatic rings. The van der Waals surface area contributed by atoms with Crippen LogP contribution in [0.4, 0.5) is 0 Å². The molecule has 0 amide bonds. The van der Waals surface area contributed by atoms with Crippen molar-refractivity contribution in [2.75, 3.05) is 0 Å². The van der Waals surface area contributed by atoms with E-state index < -0.39 is 0 Å². The summed E-state index contributed by atoms with van der Waals surface area (Å²) >= 11 is 5.20. The Kier molecular flexibility index (Phi) is 5.49. The number of rotatable bonds is 5. The van der Waals surface area contributed by atoms with Gasteiger partial charge < -0.3 is 10.9 Å². The average molecular weight is 351 g/mol. The molecule has 0 aliphatic carbocycles. The summed E-state index contributed by atoms with van der Waals surface area (Å²) in [6, 6.07) is 16.4. The van der Waals surface area contributed by atoms with E-state index in [0.717, 1.165) is 20.7 Å². The first kappa shape index (κ1) is 14.9. The summed E-state index contributed by atoms with van der Waals surface area (Å²) in [5.74, 6) is 1.11. The SMILES string of the molecule is NC(Cc1cc(Br)ccc1SCc1ccccc1)=NO. The van der Waals surface area contributed by atoms with Crippen LogP contribution in [0.5, 0.6) is 0 Å². The van der Waals surface area contributed by atoms with E-state index in [4.69, 9.17) is 10.9 Å². The highest BCUT2D eigenvalue weighted by Gasteiger charge is 2.07. The second-order valence-electron chi connectivity index (χ2n) is 4.29. The molecule has 0 unspecified atom stereocenters. The number of benzene rings is 2. The second kappa shape index (κ2) is 7.36. The number of amidine groups is 1. The molecule has 104 valence electrons. The zero-order chi connectivity index (χ0) is 14.4. The van der Waals surface area contributed by atoms with Crippen LogP contribution in [0, 0.1) is 0 Å². The van der Waals surface area contributed by atoms with Gasteiger partial charge in [0, 0.05) is 21.5 Å². The van der Waals surface area contributed by atoms with E-state index in [1.54, 1.807) is 11.8 Å². The lowest BCUT2D eigenvalue weighted by atomic mass is 10.1. The molecule has 0 atom stereocenters.